The second kappa shape index (κ2) is 7.11. The van der Waals surface area contributed by atoms with E-state index in [9.17, 15) is 0 Å². The lowest BCUT2D eigenvalue weighted by Gasteiger charge is -2.22. The molecule has 2 saturated heterocycles. The highest BCUT2D eigenvalue weighted by Crippen LogP contribution is 2.32. The van der Waals surface area contributed by atoms with Crippen molar-refractivity contribution in [1.29, 1.82) is 0 Å². The fourth-order valence-corrected chi connectivity index (χ4v) is 3.11. The highest BCUT2D eigenvalue weighted by atomic mass is 16.6. The van der Waals surface area contributed by atoms with Gasteiger partial charge in [0.1, 0.15) is 15.7 Å². The predicted molar refractivity (Wildman–Crippen MR) is 73.5 cm³/mol. The summed E-state index contributed by atoms with van der Waals surface area (Å²) in [6, 6.07) is -0.373. The molecule has 0 aromatic heterocycles. The lowest BCUT2D eigenvalue weighted by molar-refractivity contribution is -0.0103. The second-order valence-electron chi connectivity index (χ2n) is 5.46. The molecule has 0 spiro atoms. The van der Waals surface area contributed by atoms with Gasteiger partial charge in [-0.1, -0.05) is 0 Å². The third kappa shape index (κ3) is 3.97. The minimum absolute atomic E-state index is 0.0834. The van der Waals surface area contributed by atoms with Crippen LogP contribution in [0.4, 0.5) is 0 Å². The first kappa shape index (κ1) is 15.4. The summed E-state index contributed by atoms with van der Waals surface area (Å²) in [7, 11) is 15.1. The molecule has 0 bridgehead atoms. The summed E-state index contributed by atoms with van der Waals surface area (Å²) in [5, 5.41) is 0. The number of methoxy groups -OCH3 is 2. The molecule has 2 rings (SSSR count). The van der Waals surface area contributed by atoms with Crippen LogP contribution in [-0.4, -0.2) is 66.8 Å². The zero-order valence-electron chi connectivity index (χ0n) is 11.8. The Balaban J connectivity index is 1.80. The first-order valence-corrected chi connectivity index (χ1v) is 6.97. The average Bonchev–Trinajstić information content (AvgIpc) is 2.90. The van der Waals surface area contributed by atoms with E-state index < -0.39 is 0 Å². The van der Waals surface area contributed by atoms with Crippen molar-refractivity contribution in [2.45, 2.75) is 56.0 Å². The van der Waals surface area contributed by atoms with Gasteiger partial charge in [-0.25, -0.2) is 0 Å². The van der Waals surface area contributed by atoms with E-state index in [0.29, 0.717) is 12.5 Å². The Morgan fingerprint density at radius 2 is 1.68 bits per heavy atom. The normalized spacial score (nSPS) is 42.8. The van der Waals surface area contributed by atoms with Crippen molar-refractivity contribution in [1.82, 2.24) is 0 Å². The highest BCUT2D eigenvalue weighted by Gasteiger charge is 2.36. The zero-order valence-corrected chi connectivity index (χ0v) is 11.8. The van der Waals surface area contributed by atoms with Crippen LogP contribution in [0.2, 0.25) is 0 Å². The monoisotopic (exact) mass is 264 g/mol. The Bertz CT molecular complexity index is 279. The van der Waals surface area contributed by atoms with E-state index in [1.54, 1.807) is 14.2 Å². The molecule has 2 heterocycles. The van der Waals surface area contributed by atoms with Crippen molar-refractivity contribution < 1.29 is 18.9 Å². The van der Waals surface area contributed by atoms with Gasteiger partial charge in [0.2, 0.25) is 0 Å². The number of hydrogen-bond donors (Lipinski definition) is 0. The average molecular weight is 264 g/mol. The summed E-state index contributed by atoms with van der Waals surface area (Å²) < 4.78 is 22.0. The van der Waals surface area contributed by atoms with Gasteiger partial charge < -0.3 is 18.9 Å². The summed E-state index contributed by atoms with van der Waals surface area (Å²) in [5.74, 6) is 0.424. The van der Waals surface area contributed by atoms with Gasteiger partial charge in [0.05, 0.1) is 24.9 Å². The topological polar surface area (TPSA) is 36.9 Å². The van der Waals surface area contributed by atoms with Crippen molar-refractivity contribution >= 4 is 15.7 Å². The van der Waals surface area contributed by atoms with Crippen LogP contribution < -0.4 is 0 Å². The largest absolute Gasteiger partial charge is 0.382 e. The molecule has 2 aliphatic heterocycles. The van der Waals surface area contributed by atoms with Crippen molar-refractivity contribution in [3.63, 3.8) is 0 Å². The van der Waals surface area contributed by atoms with Gasteiger partial charge in [-0.05, 0) is 31.6 Å². The van der Waals surface area contributed by atoms with Crippen molar-refractivity contribution in [3.05, 3.63) is 0 Å². The third-order valence-electron chi connectivity index (χ3n) is 4.09. The van der Waals surface area contributed by atoms with Crippen LogP contribution >= 0.6 is 0 Å². The Labute approximate surface area is 118 Å². The van der Waals surface area contributed by atoms with Crippen LogP contribution in [0.15, 0.2) is 0 Å². The molecule has 2 aliphatic rings. The maximum atomic E-state index is 5.85. The number of ether oxygens (including phenoxy) is 4. The van der Waals surface area contributed by atoms with Crippen LogP contribution in [0.1, 0.15) is 25.7 Å². The van der Waals surface area contributed by atoms with E-state index in [0.717, 1.165) is 25.7 Å². The van der Waals surface area contributed by atoms with Gasteiger partial charge in [-0.2, -0.15) is 0 Å². The molecule has 4 nitrogen and oxygen atoms in total. The molecule has 104 valence electrons. The zero-order chi connectivity index (χ0) is 13.8. The van der Waals surface area contributed by atoms with Crippen LogP contribution in [-0.2, 0) is 18.9 Å². The highest BCUT2D eigenvalue weighted by molar-refractivity contribution is 6.11. The smallest absolute Gasteiger partial charge is 0.109 e. The molecule has 0 aliphatic carbocycles. The molecular formula is C13H22B2O4. The molecule has 0 saturated carbocycles. The van der Waals surface area contributed by atoms with Gasteiger partial charge in [-0.15, -0.1) is 0 Å². The van der Waals surface area contributed by atoms with Gasteiger partial charge in [0, 0.05) is 26.2 Å². The van der Waals surface area contributed by atoms with Gasteiger partial charge >= 0.3 is 0 Å². The molecule has 0 aromatic rings. The minimum atomic E-state index is -0.202. The molecule has 0 N–H and O–H groups in total. The first-order valence-electron chi connectivity index (χ1n) is 6.97. The van der Waals surface area contributed by atoms with E-state index in [1.165, 1.54) is 0 Å². The molecule has 0 amide bonds. The fraction of sp³-hybridized carbons (Fsp3) is 1.00. The van der Waals surface area contributed by atoms with Crippen molar-refractivity contribution in [2.24, 2.45) is 5.92 Å². The van der Waals surface area contributed by atoms with E-state index in [2.05, 4.69) is 0 Å². The van der Waals surface area contributed by atoms with Crippen LogP contribution in [0.25, 0.3) is 0 Å². The maximum Gasteiger partial charge on any atom is 0.109 e. The van der Waals surface area contributed by atoms with Crippen LogP contribution in [0, 0.1) is 5.92 Å². The quantitative estimate of drug-likeness (QED) is 0.659. The second-order valence-corrected chi connectivity index (χ2v) is 5.46. The maximum absolute atomic E-state index is 5.85. The fourth-order valence-electron chi connectivity index (χ4n) is 3.11. The Morgan fingerprint density at radius 3 is 2.37 bits per heavy atom. The lowest BCUT2D eigenvalue weighted by atomic mass is 9.87. The summed E-state index contributed by atoms with van der Waals surface area (Å²) >= 11 is 0. The molecule has 6 heteroatoms. The van der Waals surface area contributed by atoms with E-state index in [1.807, 2.05) is 0 Å². The number of rotatable bonds is 6. The summed E-state index contributed by atoms with van der Waals surface area (Å²) in [6.07, 6.45) is 3.85. The Kier molecular flexibility index (Phi) is 5.75. The van der Waals surface area contributed by atoms with Crippen LogP contribution in [0.3, 0.4) is 0 Å². The standard InChI is InChI=1S/C13H22B2O4/c1-16-7-11-8(5-12(14)19-11)3-4-9-10(17-2)6-13(15)18-9/h8-13H,3-7H2,1-2H3/t8-,9-,10-,11-,12-,13-/m1/s1. The van der Waals surface area contributed by atoms with Gasteiger partial charge in [-0.3, -0.25) is 0 Å². The van der Waals surface area contributed by atoms with E-state index in [4.69, 9.17) is 34.6 Å². The van der Waals surface area contributed by atoms with E-state index >= 15 is 0 Å². The predicted octanol–water partition coefficient (Wildman–Crippen LogP) is 0.611. The third-order valence-corrected chi connectivity index (χ3v) is 4.09. The molecular weight excluding hydrogens is 242 g/mol. The Morgan fingerprint density at radius 1 is 1.00 bits per heavy atom. The molecule has 0 unspecified atom stereocenters. The molecule has 2 fully saturated rings. The summed E-state index contributed by atoms with van der Waals surface area (Å²) in [6.45, 7) is 0.594. The molecule has 0 aromatic carbocycles. The first-order chi connectivity index (χ1) is 9.13. The van der Waals surface area contributed by atoms with Crippen LogP contribution in [0.5, 0.6) is 0 Å². The van der Waals surface area contributed by atoms with Gasteiger partial charge in [0.15, 0.2) is 0 Å². The Hall–Kier alpha value is -0.0301. The summed E-state index contributed by atoms with van der Waals surface area (Å²) in [4.78, 5) is 0. The SMILES string of the molecule is [B][C@H]1C[C@@H](CC[C@H]2O[C@@H]([B])C[C@H]2OC)[C@@H](COC)O1. The van der Waals surface area contributed by atoms with Gasteiger partial charge in [0.25, 0.3) is 0 Å². The molecule has 6 atom stereocenters. The molecule has 19 heavy (non-hydrogen) atoms. The van der Waals surface area contributed by atoms with E-state index in [-0.39, 0.29) is 30.3 Å². The van der Waals surface area contributed by atoms with Crippen molar-refractivity contribution in [2.75, 3.05) is 20.8 Å². The lowest BCUT2D eigenvalue weighted by Crippen LogP contribution is -2.27. The summed E-state index contributed by atoms with van der Waals surface area (Å²) in [5.41, 5.74) is 0. The molecule has 4 radical (unpaired) electrons. The minimum Gasteiger partial charge on any atom is -0.382 e. The number of hydrogen-bond acceptors (Lipinski definition) is 4. The van der Waals surface area contributed by atoms with Crippen molar-refractivity contribution in [3.8, 4) is 0 Å².